The molecule has 0 unspecified atom stereocenters. The highest BCUT2D eigenvalue weighted by molar-refractivity contribution is 6.06. The maximum atomic E-state index is 12.1. The quantitative estimate of drug-likeness (QED) is 0.820. The van der Waals surface area contributed by atoms with Crippen LogP contribution in [0.25, 0.3) is 0 Å². The standard InChI is InChI=1S/C17H24N2O3/c1-11(2)9-12-5-7-13(8-6-12)14(20)10-19-15(21)17(3,4)18-16(19)22/h5-8,11,14,20H,9-10H2,1-4H3,(H,18,22)/t14-/m0/s1. The summed E-state index contributed by atoms with van der Waals surface area (Å²) in [5.41, 5.74) is 1.01. The first kappa shape index (κ1) is 16.5. The van der Waals surface area contributed by atoms with Crippen LogP contribution in [-0.2, 0) is 11.2 Å². The zero-order chi connectivity index (χ0) is 16.5. The fourth-order valence-electron chi connectivity index (χ4n) is 2.61. The van der Waals surface area contributed by atoms with Gasteiger partial charge in [-0.05, 0) is 37.3 Å². The van der Waals surface area contributed by atoms with Gasteiger partial charge in [0.2, 0.25) is 0 Å². The monoisotopic (exact) mass is 304 g/mol. The molecule has 5 heteroatoms. The molecule has 1 aliphatic rings. The fraction of sp³-hybridized carbons (Fsp3) is 0.529. The highest BCUT2D eigenvalue weighted by Crippen LogP contribution is 2.22. The number of β-amino-alcohol motifs (C(OH)–C–C–N with tert-alkyl or cyclic N) is 1. The van der Waals surface area contributed by atoms with Crippen molar-refractivity contribution in [3.05, 3.63) is 35.4 Å². The number of imide groups is 1. The van der Waals surface area contributed by atoms with Gasteiger partial charge in [0.05, 0.1) is 12.6 Å². The summed E-state index contributed by atoms with van der Waals surface area (Å²) in [5.74, 6) is 0.261. The summed E-state index contributed by atoms with van der Waals surface area (Å²) in [7, 11) is 0. The van der Waals surface area contributed by atoms with E-state index in [0.29, 0.717) is 11.5 Å². The Kier molecular flexibility index (Phi) is 4.56. The molecule has 5 nitrogen and oxygen atoms in total. The predicted octanol–water partition coefficient (Wildman–Crippen LogP) is 2.25. The van der Waals surface area contributed by atoms with Gasteiger partial charge in [0.25, 0.3) is 5.91 Å². The zero-order valence-electron chi connectivity index (χ0n) is 13.6. The van der Waals surface area contributed by atoms with Crippen LogP contribution in [0.5, 0.6) is 0 Å². The van der Waals surface area contributed by atoms with Crippen LogP contribution in [0, 0.1) is 5.92 Å². The van der Waals surface area contributed by atoms with Crippen molar-refractivity contribution in [1.29, 1.82) is 0 Å². The van der Waals surface area contributed by atoms with Crippen molar-refractivity contribution in [2.45, 2.75) is 45.8 Å². The van der Waals surface area contributed by atoms with Crippen LogP contribution < -0.4 is 5.32 Å². The summed E-state index contributed by atoms with van der Waals surface area (Å²) in [4.78, 5) is 25.0. The average molecular weight is 304 g/mol. The Balaban J connectivity index is 2.05. The topological polar surface area (TPSA) is 69.6 Å². The third-order valence-corrected chi connectivity index (χ3v) is 3.81. The second-order valence-corrected chi connectivity index (χ2v) is 6.83. The predicted molar refractivity (Wildman–Crippen MR) is 84.3 cm³/mol. The smallest absolute Gasteiger partial charge is 0.325 e. The van der Waals surface area contributed by atoms with Crippen molar-refractivity contribution in [1.82, 2.24) is 10.2 Å². The molecule has 1 aromatic rings. The normalized spacial score (nSPS) is 18.7. The number of carbonyl (C=O) groups excluding carboxylic acids is 2. The lowest BCUT2D eigenvalue weighted by atomic mass is 10.00. The van der Waals surface area contributed by atoms with Crippen molar-refractivity contribution in [3.63, 3.8) is 0 Å². The van der Waals surface area contributed by atoms with E-state index in [2.05, 4.69) is 19.2 Å². The van der Waals surface area contributed by atoms with Crippen molar-refractivity contribution in [2.75, 3.05) is 6.54 Å². The van der Waals surface area contributed by atoms with Gasteiger partial charge in [-0.2, -0.15) is 0 Å². The van der Waals surface area contributed by atoms with E-state index in [1.807, 2.05) is 24.3 Å². The fourth-order valence-corrected chi connectivity index (χ4v) is 2.61. The Hall–Kier alpha value is -1.88. The third kappa shape index (κ3) is 3.47. The van der Waals surface area contributed by atoms with E-state index in [-0.39, 0.29) is 12.5 Å². The Labute approximate surface area is 131 Å². The van der Waals surface area contributed by atoms with Crippen molar-refractivity contribution >= 4 is 11.9 Å². The summed E-state index contributed by atoms with van der Waals surface area (Å²) >= 11 is 0. The number of hydrogen-bond donors (Lipinski definition) is 2. The van der Waals surface area contributed by atoms with Crippen LogP contribution in [0.3, 0.4) is 0 Å². The molecule has 0 aromatic heterocycles. The molecule has 0 bridgehead atoms. The zero-order valence-corrected chi connectivity index (χ0v) is 13.6. The second kappa shape index (κ2) is 6.08. The lowest BCUT2D eigenvalue weighted by Crippen LogP contribution is -2.40. The SMILES string of the molecule is CC(C)Cc1ccc([C@@H](O)CN2C(=O)NC(C)(C)C2=O)cc1. The van der Waals surface area contributed by atoms with Gasteiger partial charge in [-0.15, -0.1) is 0 Å². The van der Waals surface area contributed by atoms with Gasteiger partial charge in [-0.3, -0.25) is 9.69 Å². The maximum Gasteiger partial charge on any atom is 0.325 e. The van der Waals surface area contributed by atoms with Crippen LogP contribution in [0.4, 0.5) is 4.79 Å². The number of hydrogen-bond acceptors (Lipinski definition) is 3. The van der Waals surface area contributed by atoms with Crippen molar-refractivity contribution in [2.24, 2.45) is 5.92 Å². The molecule has 0 aliphatic carbocycles. The summed E-state index contributed by atoms with van der Waals surface area (Å²) in [6, 6.07) is 7.21. The van der Waals surface area contributed by atoms with E-state index in [0.717, 1.165) is 11.3 Å². The lowest BCUT2D eigenvalue weighted by Gasteiger charge is -2.19. The minimum absolute atomic E-state index is 0.0301. The Bertz CT molecular complexity index is 564. The third-order valence-electron chi connectivity index (χ3n) is 3.81. The van der Waals surface area contributed by atoms with Gasteiger partial charge in [-0.25, -0.2) is 4.79 Å². The number of amides is 3. The summed E-state index contributed by atoms with van der Waals surface area (Å²) in [6.07, 6.45) is 0.106. The van der Waals surface area contributed by atoms with Crippen LogP contribution in [0.2, 0.25) is 0 Å². The van der Waals surface area contributed by atoms with Crippen molar-refractivity contribution in [3.8, 4) is 0 Å². The van der Waals surface area contributed by atoms with E-state index in [4.69, 9.17) is 0 Å². The van der Waals surface area contributed by atoms with Crippen LogP contribution in [-0.4, -0.2) is 34.0 Å². The van der Waals surface area contributed by atoms with Gasteiger partial charge in [0.1, 0.15) is 5.54 Å². The number of benzene rings is 1. The molecule has 1 atom stereocenters. The molecule has 1 saturated heterocycles. The van der Waals surface area contributed by atoms with Gasteiger partial charge in [-0.1, -0.05) is 38.1 Å². The van der Waals surface area contributed by atoms with Crippen LogP contribution >= 0.6 is 0 Å². The van der Waals surface area contributed by atoms with E-state index in [1.54, 1.807) is 13.8 Å². The number of carbonyl (C=O) groups is 2. The molecular formula is C17H24N2O3. The van der Waals surface area contributed by atoms with Crippen LogP contribution in [0.1, 0.15) is 44.9 Å². The number of urea groups is 1. The molecule has 2 N–H and O–H groups in total. The molecule has 1 heterocycles. The van der Waals surface area contributed by atoms with Gasteiger partial charge >= 0.3 is 6.03 Å². The van der Waals surface area contributed by atoms with E-state index >= 15 is 0 Å². The lowest BCUT2D eigenvalue weighted by molar-refractivity contribution is -0.131. The molecule has 3 amide bonds. The summed E-state index contributed by atoms with van der Waals surface area (Å²) < 4.78 is 0. The average Bonchev–Trinajstić information content (AvgIpc) is 2.61. The molecule has 0 spiro atoms. The minimum atomic E-state index is -0.905. The minimum Gasteiger partial charge on any atom is -0.387 e. The number of nitrogens with zero attached hydrogens (tertiary/aromatic N) is 1. The van der Waals surface area contributed by atoms with Gasteiger partial charge in [0.15, 0.2) is 0 Å². The molecule has 1 fully saturated rings. The molecule has 0 radical (unpaired) electrons. The van der Waals surface area contributed by atoms with Gasteiger partial charge < -0.3 is 10.4 Å². The molecule has 1 aromatic carbocycles. The first-order valence-corrected chi connectivity index (χ1v) is 7.61. The van der Waals surface area contributed by atoms with Crippen molar-refractivity contribution < 1.29 is 14.7 Å². The number of rotatable bonds is 5. The largest absolute Gasteiger partial charge is 0.387 e. The molecule has 0 saturated carbocycles. The Morgan fingerprint density at radius 3 is 2.23 bits per heavy atom. The molecule has 120 valence electrons. The molecule has 2 rings (SSSR count). The molecular weight excluding hydrogens is 280 g/mol. The summed E-state index contributed by atoms with van der Waals surface area (Å²) in [5, 5.41) is 12.9. The van der Waals surface area contributed by atoms with E-state index < -0.39 is 17.7 Å². The number of aliphatic hydroxyl groups is 1. The highest BCUT2D eigenvalue weighted by atomic mass is 16.3. The van der Waals surface area contributed by atoms with Gasteiger partial charge in [0, 0.05) is 0 Å². The first-order valence-electron chi connectivity index (χ1n) is 7.61. The Morgan fingerprint density at radius 2 is 1.77 bits per heavy atom. The first-order chi connectivity index (χ1) is 10.2. The maximum absolute atomic E-state index is 12.1. The summed E-state index contributed by atoms with van der Waals surface area (Å²) in [6.45, 7) is 7.59. The number of aliphatic hydroxyl groups excluding tert-OH is 1. The number of nitrogens with one attached hydrogen (secondary N) is 1. The highest BCUT2D eigenvalue weighted by Gasteiger charge is 2.44. The second-order valence-electron chi connectivity index (χ2n) is 6.83. The Morgan fingerprint density at radius 1 is 1.18 bits per heavy atom. The van der Waals surface area contributed by atoms with E-state index in [9.17, 15) is 14.7 Å². The van der Waals surface area contributed by atoms with E-state index in [1.165, 1.54) is 5.56 Å². The molecule has 22 heavy (non-hydrogen) atoms. The molecule has 1 aliphatic heterocycles. The van der Waals surface area contributed by atoms with Crippen LogP contribution in [0.15, 0.2) is 24.3 Å².